The molecule has 3 nitrogen and oxygen atoms in total. The maximum absolute atomic E-state index is 10.9. The summed E-state index contributed by atoms with van der Waals surface area (Å²) in [7, 11) is 0. The van der Waals surface area contributed by atoms with Gasteiger partial charge in [0.15, 0.2) is 0 Å². The molecule has 18 heavy (non-hydrogen) atoms. The molecule has 4 heteroatoms. The number of hydrogen-bond acceptors (Lipinski definition) is 2. The van der Waals surface area contributed by atoms with Crippen LogP contribution >= 0.6 is 11.6 Å². The Labute approximate surface area is 113 Å². The Bertz CT molecular complexity index is 420. The number of aryl methyl sites for hydroxylation is 1. The van der Waals surface area contributed by atoms with E-state index in [0.29, 0.717) is 6.54 Å². The van der Waals surface area contributed by atoms with Crippen LogP contribution in [0.5, 0.6) is 0 Å². The molecule has 0 amide bonds. The lowest BCUT2D eigenvalue weighted by molar-refractivity contribution is -0.139. The SMILES string of the molecule is CCC(C)N(CC(=O)O)Cc1ccc(C)c(Cl)c1. The van der Waals surface area contributed by atoms with Gasteiger partial charge >= 0.3 is 5.97 Å². The van der Waals surface area contributed by atoms with Gasteiger partial charge in [0.2, 0.25) is 0 Å². The van der Waals surface area contributed by atoms with E-state index in [9.17, 15) is 4.79 Å². The molecule has 0 saturated carbocycles. The number of aliphatic carboxylic acids is 1. The number of nitrogens with zero attached hydrogens (tertiary/aromatic N) is 1. The number of halogens is 1. The molecule has 1 rings (SSSR count). The molecule has 0 spiro atoms. The molecule has 100 valence electrons. The molecule has 0 fully saturated rings. The minimum absolute atomic E-state index is 0.0561. The fraction of sp³-hybridized carbons (Fsp3) is 0.500. The van der Waals surface area contributed by atoms with Crippen molar-refractivity contribution < 1.29 is 9.90 Å². The van der Waals surface area contributed by atoms with Gasteiger partial charge in [-0.15, -0.1) is 0 Å². The normalized spacial score (nSPS) is 12.7. The van der Waals surface area contributed by atoms with E-state index in [2.05, 4.69) is 6.92 Å². The number of carboxylic acids is 1. The molecular formula is C14H20ClNO2. The minimum Gasteiger partial charge on any atom is -0.480 e. The van der Waals surface area contributed by atoms with Gasteiger partial charge in [0.25, 0.3) is 0 Å². The fourth-order valence-electron chi connectivity index (χ4n) is 1.77. The zero-order valence-electron chi connectivity index (χ0n) is 11.1. The molecule has 1 N–H and O–H groups in total. The van der Waals surface area contributed by atoms with Crippen molar-refractivity contribution in [3.05, 3.63) is 34.3 Å². The summed E-state index contributed by atoms with van der Waals surface area (Å²) < 4.78 is 0. The number of benzene rings is 1. The Morgan fingerprint density at radius 3 is 2.67 bits per heavy atom. The summed E-state index contributed by atoms with van der Waals surface area (Å²) in [6, 6.07) is 6.11. The molecule has 1 aromatic carbocycles. The molecule has 0 heterocycles. The number of carboxylic acid groups (broad SMARTS) is 1. The van der Waals surface area contributed by atoms with Gasteiger partial charge in [-0.05, 0) is 37.5 Å². The molecule has 1 atom stereocenters. The van der Waals surface area contributed by atoms with Crippen LogP contribution in [0.2, 0.25) is 5.02 Å². The first-order valence-electron chi connectivity index (χ1n) is 6.15. The summed E-state index contributed by atoms with van der Waals surface area (Å²) in [5, 5.41) is 9.67. The van der Waals surface area contributed by atoms with Gasteiger partial charge in [-0.3, -0.25) is 9.69 Å². The van der Waals surface area contributed by atoms with Crippen molar-refractivity contribution in [1.82, 2.24) is 4.90 Å². The van der Waals surface area contributed by atoms with Crippen LogP contribution in [0.15, 0.2) is 18.2 Å². The van der Waals surface area contributed by atoms with Crippen molar-refractivity contribution in [2.75, 3.05) is 6.54 Å². The molecule has 1 aromatic rings. The maximum Gasteiger partial charge on any atom is 0.317 e. The van der Waals surface area contributed by atoms with E-state index in [1.807, 2.05) is 36.9 Å². The van der Waals surface area contributed by atoms with Gasteiger partial charge in [0.1, 0.15) is 0 Å². The summed E-state index contributed by atoms with van der Waals surface area (Å²) in [4.78, 5) is 12.8. The van der Waals surface area contributed by atoms with Crippen LogP contribution in [0.3, 0.4) is 0 Å². The van der Waals surface area contributed by atoms with E-state index < -0.39 is 5.97 Å². The first kappa shape index (κ1) is 15.0. The molecule has 0 aliphatic carbocycles. The lowest BCUT2D eigenvalue weighted by atomic mass is 10.1. The van der Waals surface area contributed by atoms with Crippen LogP contribution in [0.4, 0.5) is 0 Å². The van der Waals surface area contributed by atoms with Crippen molar-refractivity contribution in [1.29, 1.82) is 0 Å². The molecule has 0 aromatic heterocycles. The first-order chi connectivity index (χ1) is 8.43. The number of hydrogen-bond donors (Lipinski definition) is 1. The van der Waals surface area contributed by atoms with Gasteiger partial charge in [-0.1, -0.05) is 30.7 Å². The zero-order chi connectivity index (χ0) is 13.7. The molecule has 1 unspecified atom stereocenters. The lowest BCUT2D eigenvalue weighted by Crippen LogP contribution is -2.36. The van der Waals surface area contributed by atoms with E-state index in [0.717, 1.165) is 22.6 Å². The van der Waals surface area contributed by atoms with Crippen molar-refractivity contribution >= 4 is 17.6 Å². The Hall–Kier alpha value is -1.06. The average molecular weight is 270 g/mol. The van der Waals surface area contributed by atoms with Crippen LogP contribution in [0, 0.1) is 6.92 Å². The molecule has 0 aliphatic rings. The fourth-order valence-corrected chi connectivity index (χ4v) is 1.97. The number of carbonyl (C=O) groups is 1. The predicted octanol–water partition coefficient (Wildman–Crippen LogP) is 3.33. The summed E-state index contributed by atoms with van der Waals surface area (Å²) in [5.41, 5.74) is 2.08. The minimum atomic E-state index is -0.798. The second-order valence-corrected chi connectivity index (χ2v) is 5.05. The van der Waals surface area contributed by atoms with E-state index >= 15 is 0 Å². The summed E-state index contributed by atoms with van der Waals surface area (Å²) >= 11 is 6.08. The van der Waals surface area contributed by atoms with E-state index in [1.54, 1.807) is 0 Å². The second-order valence-electron chi connectivity index (χ2n) is 4.64. The van der Waals surface area contributed by atoms with Crippen molar-refractivity contribution in [2.45, 2.75) is 39.8 Å². The average Bonchev–Trinajstić information content (AvgIpc) is 2.31. The maximum atomic E-state index is 10.9. The highest BCUT2D eigenvalue weighted by atomic mass is 35.5. The monoisotopic (exact) mass is 269 g/mol. The topological polar surface area (TPSA) is 40.5 Å². The summed E-state index contributed by atoms with van der Waals surface area (Å²) in [6.45, 7) is 6.72. The van der Waals surface area contributed by atoms with E-state index in [-0.39, 0.29) is 12.6 Å². The molecule has 0 radical (unpaired) electrons. The Morgan fingerprint density at radius 1 is 1.50 bits per heavy atom. The van der Waals surface area contributed by atoms with Crippen molar-refractivity contribution in [3.63, 3.8) is 0 Å². The highest BCUT2D eigenvalue weighted by molar-refractivity contribution is 6.31. The van der Waals surface area contributed by atoms with Gasteiger partial charge in [-0.2, -0.15) is 0 Å². The molecule has 0 aliphatic heterocycles. The largest absolute Gasteiger partial charge is 0.480 e. The van der Waals surface area contributed by atoms with Crippen LogP contribution < -0.4 is 0 Å². The van der Waals surface area contributed by atoms with Crippen LogP contribution in [-0.2, 0) is 11.3 Å². The van der Waals surface area contributed by atoms with Crippen LogP contribution in [0.25, 0.3) is 0 Å². The van der Waals surface area contributed by atoms with Gasteiger partial charge in [-0.25, -0.2) is 0 Å². The highest BCUT2D eigenvalue weighted by Gasteiger charge is 2.16. The quantitative estimate of drug-likeness (QED) is 0.861. The van der Waals surface area contributed by atoms with E-state index in [1.165, 1.54) is 0 Å². The van der Waals surface area contributed by atoms with Crippen LogP contribution in [0.1, 0.15) is 31.4 Å². The van der Waals surface area contributed by atoms with Crippen LogP contribution in [-0.4, -0.2) is 28.6 Å². The third-order valence-corrected chi connectivity index (χ3v) is 3.58. The first-order valence-corrected chi connectivity index (χ1v) is 6.52. The predicted molar refractivity (Wildman–Crippen MR) is 74.0 cm³/mol. The smallest absolute Gasteiger partial charge is 0.317 e. The third kappa shape index (κ3) is 4.31. The number of rotatable bonds is 6. The lowest BCUT2D eigenvalue weighted by Gasteiger charge is -2.26. The summed E-state index contributed by atoms with van der Waals surface area (Å²) in [5.74, 6) is -0.798. The Balaban J connectivity index is 2.81. The van der Waals surface area contributed by atoms with Gasteiger partial charge < -0.3 is 5.11 Å². The van der Waals surface area contributed by atoms with E-state index in [4.69, 9.17) is 16.7 Å². The Kier molecular flexibility index (Phi) is 5.63. The molecule has 0 bridgehead atoms. The van der Waals surface area contributed by atoms with Gasteiger partial charge in [0.05, 0.1) is 6.54 Å². The molecule has 0 saturated heterocycles. The Morgan fingerprint density at radius 2 is 2.17 bits per heavy atom. The highest BCUT2D eigenvalue weighted by Crippen LogP contribution is 2.19. The zero-order valence-corrected chi connectivity index (χ0v) is 11.9. The van der Waals surface area contributed by atoms with Crippen molar-refractivity contribution in [2.24, 2.45) is 0 Å². The van der Waals surface area contributed by atoms with Gasteiger partial charge in [0, 0.05) is 17.6 Å². The second kappa shape index (κ2) is 6.76. The van der Waals surface area contributed by atoms with Crippen molar-refractivity contribution in [3.8, 4) is 0 Å². The molecular weight excluding hydrogens is 250 g/mol. The standard InChI is InChI=1S/C14H20ClNO2/c1-4-11(3)16(9-14(17)18)8-12-6-5-10(2)13(15)7-12/h5-7,11H,4,8-9H2,1-3H3,(H,17,18). The third-order valence-electron chi connectivity index (χ3n) is 3.17. The summed E-state index contributed by atoms with van der Waals surface area (Å²) in [6.07, 6.45) is 0.923.